The van der Waals surface area contributed by atoms with E-state index in [0.717, 1.165) is 12.1 Å². The first kappa shape index (κ1) is 12.7. The molecule has 0 aliphatic carbocycles. The Morgan fingerprint density at radius 2 is 2.00 bits per heavy atom. The van der Waals surface area contributed by atoms with Gasteiger partial charge in [-0.05, 0) is 25.1 Å². The molecule has 1 aliphatic heterocycles. The predicted octanol–water partition coefficient (Wildman–Crippen LogP) is 0.638. The van der Waals surface area contributed by atoms with E-state index in [-0.39, 0.29) is 5.91 Å². The average molecular weight is 250 g/mol. The second-order valence-corrected chi connectivity index (χ2v) is 4.37. The third-order valence-electron chi connectivity index (χ3n) is 3.29. The number of methoxy groups -OCH3 is 2. The molecule has 1 heterocycles. The van der Waals surface area contributed by atoms with Gasteiger partial charge >= 0.3 is 0 Å². The van der Waals surface area contributed by atoms with Gasteiger partial charge in [-0.3, -0.25) is 10.1 Å². The molecular weight excluding hydrogens is 232 g/mol. The average Bonchev–Trinajstić information content (AvgIpc) is 2.41. The Morgan fingerprint density at radius 3 is 2.61 bits per heavy atom. The molecule has 1 unspecified atom stereocenters. The number of nitrogens with one attached hydrogen (secondary N) is 2. The van der Waals surface area contributed by atoms with Gasteiger partial charge in [-0.15, -0.1) is 0 Å². The van der Waals surface area contributed by atoms with Crippen molar-refractivity contribution in [3.8, 4) is 11.5 Å². The molecule has 0 spiro atoms. The highest BCUT2D eigenvalue weighted by atomic mass is 16.5. The van der Waals surface area contributed by atoms with E-state index in [4.69, 9.17) is 9.47 Å². The van der Waals surface area contributed by atoms with E-state index in [1.807, 2.05) is 25.1 Å². The monoisotopic (exact) mass is 250 g/mol. The molecule has 98 valence electrons. The van der Waals surface area contributed by atoms with E-state index in [2.05, 4.69) is 10.6 Å². The Bertz CT molecular complexity index is 462. The molecule has 0 bridgehead atoms. The second kappa shape index (κ2) is 4.86. The third kappa shape index (κ3) is 2.01. The van der Waals surface area contributed by atoms with Crippen LogP contribution in [0.15, 0.2) is 18.2 Å². The zero-order chi connectivity index (χ0) is 13.2. The Morgan fingerprint density at radius 1 is 1.22 bits per heavy atom. The summed E-state index contributed by atoms with van der Waals surface area (Å²) in [5.41, 5.74) is -0.0143. The molecule has 1 aromatic rings. The van der Waals surface area contributed by atoms with Crippen molar-refractivity contribution in [1.82, 2.24) is 10.6 Å². The first-order chi connectivity index (χ1) is 8.61. The highest BCUT2D eigenvalue weighted by Gasteiger charge is 2.39. The molecular formula is C13H18N2O3. The lowest BCUT2D eigenvalue weighted by molar-refractivity contribution is -0.129. The third-order valence-corrected chi connectivity index (χ3v) is 3.29. The topological polar surface area (TPSA) is 59.6 Å². The first-order valence-corrected chi connectivity index (χ1v) is 5.87. The maximum Gasteiger partial charge on any atom is 0.244 e. The Hall–Kier alpha value is -1.75. The lowest BCUT2D eigenvalue weighted by atomic mass is 9.88. The van der Waals surface area contributed by atoms with Crippen molar-refractivity contribution in [1.29, 1.82) is 0 Å². The fourth-order valence-electron chi connectivity index (χ4n) is 2.17. The van der Waals surface area contributed by atoms with Crippen LogP contribution in [0.2, 0.25) is 0 Å². The van der Waals surface area contributed by atoms with Gasteiger partial charge in [0.05, 0.1) is 14.2 Å². The number of piperazine rings is 1. The summed E-state index contributed by atoms with van der Waals surface area (Å²) in [6.07, 6.45) is 0. The van der Waals surface area contributed by atoms with E-state index in [9.17, 15) is 4.79 Å². The van der Waals surface area contributed by atoms with Crippen LogP contribution >= 0.6 is 0 Å². The molecule has 18 heavy (non-hydrogen) atoms. The Labute approximate surface area is 106 Å². The Kier molecular flexibility index (Phi) is 3.43. The van der Waals surface area contributed by atoms with Crippen molar-refractivity contribution in [2.24, 2.45) is 0 Å². The number of hydrogen-bond donors (Lipinski definition) is 2. The highest BCUT2D eigenvalue weighted by molar-refractivity contribution is 5.89. The van der Waals surface area contributed by atoms with Gasteiger partial charge in [0.15, 0.2) is 0 Å². The maximum atomic E-state index is 12.1. The summed E-state index contributed by atoms with van der Waals surface area (Å²) in [6.45, 7) is 3.21. The molecule has 0 radical (unpaired) electrons. The molecule has 1 fully saturated rings. The molecule has 1 atom stereocenters. The standard InChI is InChI=1S/C13H18N2O3/c1-13(12(16)14-6-7-15-13)10-8-9(17-2)4-5-11(10)18-3/h4-5,8,15H,6-7H2,1-3H3,(H,14,16). The highest BCUT2D eigenvalue weighted by Crippen LogP contribution is 2.34. The van der Waals surface area contributed by atoms with Crippen LogP contribution in [0.3, 0.4) is 0 Å². The van der Waals surface area contributed by atoms with E-state index in [1.54, 1.807) is 14.2 Å². The molecule has 1 saturated heterocycles. The van der Waals surface area contributed by atoms with Crippen LogP contribution in [-0.2, 0) is 10.3 Å². The van der Waals surface area contributed by atoms with Gasteiger partial charge < -0.3 is 14.8 Å². The molecule has 1 aliphatic rings. The summed E-state index contributed by atoms with van der Waals surface area (Å²) >= 11 is 0. The molecule has 2 N–H and O–H groups in total. The lowest BCUT2D eigenvalue weighted by Gasteiger charge is -2.35. The van der Waals surface area contributed by atoms with Crippen molar-refractivity contribution >= 4 is 5.91 Å². The van der Waals surface area contributed by atoms with Crippen molar-refractivity contribution in [3.63, 3.8) is 0 Å². The molecule has 2 rings (SSSR count). The molecule has 1 aromatic carbocycles. The minimum absolute atomic E-state index is 0.0553. The molecule has 5 nitrogen and oxygen atoms in total. The van der Waals surface area contributed by atoms with Crippen LogP contribution < -0.4 is 20.1 Å². The van der Waals surface area contributed by atoms with Crippen LogP contribution in [-0.4, -0.2) is 33.2 Å². The van der Waals surface area contributed by atoms with E-state index >= 15 is 0 Å². The van der Waals surface area contributed by atoms with Crippen LogP contribution in [0.25, 0.3) is 0 Å². The Balaban J connectivity index is 2.50. The van der Waals surface area contributed by atoms with Crippen molar-refractivity contribution < 1.29 is 14.3 Å². The SMILES string of the molecule is COc1ccc(OC)c(C2(C)NCCNC2=O)c1. The number of carbonyl (C=O) groups is 1. The van der Waals surface area contributed by atoms with Gasteiger partial charge in [0.1, 0.15) is 17.0 Å². The number of hydrogen-bond acceptors (Lipinski definition) is 4. The van der Waals surface area contributed by atoms with Gasteiger partial charge in [-0.2, -0.15) is 0 Å². The van der Waals surface area contributed by atoms with Crippen LogP contribution in [0.1, 0.15) is 12.5 Å². The molecule has 0 saturated carbocycles. The smallest absolute Gasteiger partial charge is 0.244 e. The maximum absolute atomic E-state index is 12.1. The second-order valence-electron chi connectivity index (χ2n) is 4.37. The molecule has 1 amide bonds. The van der Waals surface area contributed by atoms with E-state index < -0.39 is 5.54 Å². The number of carbonyl (C=O) groups excluding carboxylic acids is 1. The molecule has 0 aromatic heterocycles. The summed E-state index contributed by atoms with van der Waals surface area (Å²) in [6, 6.07) is 5.45. The van der Waals surface area contributed by atoms with E-state index in [1.165, 1.54) is 0 Å². The summed E-state index contributed by atoms with van der Waals surface area (Å²) in [5.74, 6) is 1.32. The van der Waals surface area contributed by atoms with Gasteiger partial charge in [0.2, 0.25) is 5.91 Å². The van der Waals surface area contributed by atoms with Crippen molar-refractivity contribution in [3.05, 3.63) is 23.8 Å². The van der Waals surface area contributed by atoms with Crippen molar-refractivity contribution in [2.45, 2.75) is 12.5 Å². The van der Waals surface area contributed by atoms with Gasteiger partial charge in [0.25, 0.3) is 0 Å². The zero-order valence-corrected chi connectivity index (χ0v) is 10.9. The fourth-order valence-corrected chi connectivity index (χ4v) is 2.17. The normalized spacial score (nSPS) is 23.4. The quantitative estimate of drug-likeness (QED) is 0.826. The zero-order valence-electron chi connectivity index (χ0n) is 10.9. The summed E-state index contributed by atoms with van der Waals surface area (Å²) in [7, 11) is 3.19. The summed E-state index contributed by atoms with van der Waals surface area (Å²) in [5, 5.41) is 6.10. The summed E-state index contributed by atoms with van der Waals surface area (Å²) in [4.78, 5) is 12.1. The van der Waals surface area contributed by atoms with Gasteiger partial charge in [-0.25, -0.2) is 0 Å². The van der Waals surface area contributed by atoms with Crippen LogP contribution in [0.4, 0.5) is 0 Å². The lowest BCUT2D eigenvalue weighted by Crippen LogP contribution is -2.59. The van der Waals surface area contributed by atoms with E-state index in [0.29, 0.717) is 18.0 Å². The largest absolute Gasteiger partial charge is 0.497 e. The van der Waals surface area contributed by atoms with Crippen LogP contribution in [0, 0.1) is 0 Å². The number of ether oxygens (including phenoxy) is 2. The van der Waals surface area contributed by atoms with Gasteiger partial charge in [-0.1, -0.05) is 0 Å². The van der Waals surface area contributed by atoms with Gasteiger partial charge in [0, 0.05) is 18.7 Å². The number of amides is 1. The van der Waals surface area contributed by atoms with Crippen LogP contribution in [0.5, 0.6) is 11.5 Å². The minimum Gasteiger partial charge on any atom is -0.497 e. The first-order valence-electron chi connectivity index (χ1n) is 5.87. The fraction of sp³-hybridized carbons (Fsp3) is 0.462. The minimum atomic E-state index is -0.794. The summed E-state index contributed by atoms with van der Waals surface area (Å²) < 4.78 is 10.5. The number of rotatable bonds is 3. The number of benzene rings is 1. The van der Waals surface area contributed by atoms with Crippen molar-refractivity contribution in [2.75, 3.05) is 27.3 Å². The predicted molar refractivity (Wildman–Crippen MR) is 67.9 cm³/mol. The molecule has 5 heteroatoms.